The van der Waals surface area contributed by atoms with E-state index in [-0.39, 0.29) is 39.1 Å². The Bertz CT molecular complexity index is 2930. The molecule has 4 rings (SSSR count). The highest BCUT2D eigenvalue weighted by Crippen LogP contribution is 2.52. The third-order valence-corrected chi connectivity index (χ3v) is 14.3. The van der Waals surface area contributed by atoms with Crippen LogP contribution in [0.2, 0.25) is 0 Å². The second-order valence-electron chi connectivity index (χ2n) is 11.5. The van der Waals surface area contributed by atoms with Crippen molar-refractivity contribution in [3.05, 3.63) is 48.0 Å². The Morgan fingerprint density at radius 3 is 1.88 bits per heavy atom. The second kappa shape index (κ2) is 17.9. The van der Waals surface area contributed by atoms with Crippen molar-refractivity contribution in [1.82, 2.24) is 0 Å². The maximum atomic E-state index is 13.3. The highest BCUT2D eigenvalue weighted by Gasteiger charge is 2.33. The van der Waals surface area contributed by atoms with Crippen molar-refractivity contribution >= 4 is 108 Å². The third-order valence-electron chi connectivity index (χ3n) is 7.84. The number of fused-ring (bicyclic) bond motifs is 1. The summed E-state index contributed by atoms with van der Waals surface area (Å²) in [6.07, 6.45) is 0. The second-order valence-corrected chi connectivity index (χ2v) is 20.1. The molecule has 0 heterocycles. The smallest absolute Gasteiger partial charge is 0.397 e. The lowest BCUT2D eigenvalue weighted by Gasteiger charge is -2.17. The summed E-state index contributed by atoms with van der Waals surface area (Å²) in [4.78, 5) is -2.66. The Kier molecular flexibility index (Phi) is 14.3. The van der Waals surface area contributed by atoms with E-state index in [1.807, 2.05) is 0 Å². The van der Waals surface area contributed by atoms with E-state index < -0.39 is 117 Å². The van der Waals surface area contributed by atoms with Crippen LogP contribution >= 0.6 is 12.9 Å². The average molecular weight is 945 g/mol. The van der Waals surface area contributed by atoms with Crippen molar-refractivity contribution in [1.29, 1.82) is 0 Å². The van der Waals surface area contributed by atoms with Crippen molar-refractivity contribution in [3.8, 4) is 11.5 Å². The molecule has 25 nitrogen and oxygen atoms in total. The number of aryl methyl sites for hydroxylation is 1. The summed E-state index contributed by atoms with van der Waals surface area (Å²) in [6, 6.07) is 7.19. The van der Waals surface area contributed by atoms with Gasteiger partial charge in [-0.2, -0.15) is 50.7 Å². The number of hydrogen-bond acceptors (Lipinski definition) is 25. The lowest BCUT2D eigenvalue weighted by atomic mass is 10.0. The van der Waals surface area contributed by atoms with Crippen molar-refractivity contribution in [2.45, 2.75) is 26.5 Å². The summed E-state index contributed by atoms with van der Waals surface area (Å²) >= 11 is 3.56. The van der Waals surface area contributed by atoms with E-state index in [4.69, 9.17) is 32.6 Å². The molecule has 0 bridgehead atoms. The van der Waals surface area contributed by atoms with Gasteiger partial charge in [-0.25, -0.2) is 21.0 Å². The number of phenols is 1. The van der Waals surface area contributed by atoms with Crippen LogP contribution in [0.4, 0.5) is 34.1 Å². The molecule has 322 valence electrons. The van der Waals surface area contributed by atoms with Crippen LogP contribution in [-0.2, 0) is 67.2 Å². The Morgan fingerprint density at radius 1 is 0.729 bits per heavy atom. The first-order chi connectivity index (χ1) is 27.4. The molecule has 0 amide bonds. The number of methoxy groups -OCH3 is 1. The van der Waals surface area contributed by atoms with E-state index in [2.05, 4.69) is 50.3 Å². The molecule has 0 unspecified atom stereocenters. The minimum Gasteiger partial charge on any atom is -0.505 e. The summed E-state index contributed by atoms with van der Waals surface area (Å²) < 4.78 is 156. The minimum absolute atomic E-state index is 0.126. The van der Waals surface area contributed by atoms with Gasteiger partial charge in [0.25, 0.3) is 0 Å². The predicted molar refractivity (Wildman–Crippen MR) is 208 cm³/mol. The zero-order valence-electron chi connectivity index (χ0n) is 30.0. The lowest BCUT2D eigenvalue weighted by molar-refractivity contribution is 0.284. The molecule has 0 aliphatic carbocycles. The maximum Gasteiger partial charge on any atom is 0.397 e. The van der Waals surface area contributed by atoms with Gasteiger partial charge in [-0.3, -0.25) is 4.55 Å². The number of phenolic OH excluding ortho intramolecular Hbond substituents is 1. The predicted octanol–water partition coefficient (Wildman–Crippen LogP) is 2.24. The number of anilines is 2. The first kappa shape index (κ1) is 47.0. The summed E-state index contributed by atoms with van der Waals surface area (Å²) in [6.45, 7) is 0.225. The van der Waals surface area contributed by atoms with Crippen LogP contribution < -0.4 is 28.0 Å². The first-order valence-corrected chi connectivity index (χ1v) is 23.3. The molecular formula is C28H32N8O17S6. The molecule has 59 heavy (non-hydrogen) atoms. The van der Waals surface area contributed by atoms with Gasteiger partial charge in [-0.15, -0.1) is 15.3 Å². The number of rotatable bonds is 18. The number of nitrogens with zero attached hydrogens (tertiary/aromatic N) is 4. The molecule has 0 saturated heterocycles. The molecule has 0 radical (unpaired) electrons. The topological polar surface area (TPSA) is 411 Å². The number of nitrogen functional groups attached to an aromatic ring is 2. The number of ether oxygens (including phenoxy) is 1. The van der Waals surface area contributed by atoms with Crippen molar-refractivity contribution in [3.63, 3.8) is 0 Å². The van der Waals surface area contributed by atoms with Crippen LogP contribution in [0.5, 0.6) is 11.5 Å². The Labute approximate surface area is 341 Å². The fourth-order valence-electron chi connectivity index (χ4n) is 5.14. The SMILES string of the molecule is COc1cc(S(=O)(=O)CCOS)c(C)cc1N=Nc1c(N=Nc2ccc(S(=O)(=O)CCOS(=O)(=O)O)cc2)c(S(=O)(=O)ON)cc2c(N)c(S(=O)(=O)ON)c(N)c(O)c12. The average Bonchev–Trinajstić information content (AvgIpc) is 3.16. The monoisotopic (exact) mass is 944 g/mol. The summed E-state index contributed by atoms with van der Waals surface area (Å²) in [5.41, 5.74) is 8.55. The number of azo groups is 2. The fourth-order valence-corrected chi connectivity index (χ4v) is 9.78. The largest absolute Gasteiger partial charge is 0.505 e. The van der Waals surface area contributed by atoms with Gasteiger partial charge in [0.15, 0.2) is 19.7 Å². The molecule has 0 aliphatic rings. The zero-order chi connectivity index (χ0) is 44.3. The zero-order valence-corrected chi connectivity index (χ0v) is 35.0. The number of nitrogens with two attached hydrogens (primary N) is 4. The van der Waals surface area contributed by atoms with Gasteiger partial charge >= 0.3 is 30.6 Å². The molecule has 10 N–H and O–H groups in total. The highest BCUT2D eigenvalue weighted by molar-refractivity contribution is 7.91. The van der Waals surface area contributed by atoms with Gasteiger partial charge < -0.3 is 25.5 Å². The number of hydrogen-bond donors (Lipinski definition) is 7. The van der Waals surface area contributed by atoms with E-state index in [9.17, 15) is 47.2 Å². The molecule has 0 atom stereocenters. The van der Waals surface area contributed by atoms with Gasteiger partial charge in [0.1, 0.15) is 38.4 Å². The molecule has 4 aromatic carbocycles. The van der Waals surface area contributed by atoms with Crippen LogP contribution in [0.3, 0.4) is 0 Å². The number of aromatic hydroxyl groups is 1. The summed E-state index contributed by atoms with van der Waals surface area (Å²) in [5, 5.41) is 26.2. The van der Waals surface area contributed by atoms with E-state index in [0.29, 0.717) is 6.07 Å². The molecule has 0 aliphatic heterocycles. The van der Waals surface area contributed by atoms with Crippen molar-refractivity contribution < 1.29 is 73.4 Å². The van der Waals surface area contributed by atoms with E-state index in [1.165, 1.54) is 13.0 Å². The lowest BCUT2D eigenvalue weighted by Crippen LogP contribution is -2.16. The molecule has 4 aromatic rings. The molecule has 0 saturated carbocycles. The third kappa shape index (κ3) is 10.4. The van der Waals surface area contributed by atoms with Gasteiger partial charge in [0.2, 0.25) is 0 Å². The molecule has 0 aromatic heterocycles. The van der Waals surface area contributed by atoms with E-state index >= 15 is 0 Å². The van der Waals surface area contributed by atoms with Crippen LogP contribution in [0.25, 0.3) is 10.8 Å². The summed E-state index contributed by atoms with van der Waals surface area (Å²) in [5.74, 6) is 7.39. The Hall–Kier alpha value is -4.64. The van der Waals surface area contributed by atoms with Crippen LogP contribution in [0, 0.1) is 6.92 Å². The fraction of sp³-hybridized carbons (Fsp3) is 0.214. The molecule has 0 fully saturated rings. The Balaban J connectivity index is 2.05. The van der Waals surface area contributed by atoms with Crippen molar-refractivity contribution in [2.24, 2.45) is 32.3 Å². The van der Waals surface area contributed by atoms with E-state index in [1.54, 1.807) is 0 Å². The normalized spacial score (nSPS) is 13.2. The van der Waals surface area contributed by atoms with Crippen LogP contribution in [0.1, 0.15) is 5.56 Å². The van der Waals surface area contributed by atoms with Crippen LogP contribution in [-0.4, -0.2) is 83.6 Å². The maximum absolute atomic E-state index is 13.3. The molecule has 0 spiro atoms. The summed E-state index contributed by atoms with van der Waals surface area (Å²) in [7, 11) is -22.1. The standard InChI is InChI=1S/C28H32N8O17S6/c1-14-11-18(19(49-2)13-20(14)56(40,41)9-7-50-54)34-36-26-22-17(23(29)28(24(30)27(22)37)58(44,45)53-32)12-21(57(42,43)52-31)25(26)35-33-15-3-5-16(6-4-15)55(38,39)10-8-51-59(46,47)48/h3-6,11-13,37,54H,7-10,29-32H2,1-2H3,(H,46,47,48). The van der Waals surface area contributed by atoms with Crippen molar-refractivity contribution in [2.75, 3.05) is 43.3 Å². The molecule has 31 heteroatoms. The highest BCUT2D eigenvalue weighted by atomic mass is 32.3. The quantitative estimate of drug-likeness (QED) is 0.0110. The minimum atomic E-state index is -5.13. The van der Waals surface area contributed by atoms with E-state index in [0.717, 1.165) is 37.4 Å². The number of sulfone groups is 2. The van der Waals surface area contributed by atoms with Gasteiger partial charge in [0.05, 0.1) is 64.1 Å². The Morgan fingerprint density at radius 2 is 1.32 bits per heavy atom. The van der Waals surface area contributed by atoms with Gasteiger partial charge in [0, 0.05) is 11.5 Å². The van der Waals surface area contributed by atoms with Crippen LogP contribution in [0.15, 0.2) is 82.5 Å². The van der Waals surface area contributed by atoms with Gasteiger partial charge in [-0.05, 0) is 61.8 Å². The molecular weight excluding hydrogens is 913 g/mol. The number of thiol groups is 1. The van der Waals surface area contributed by atoms with Gasteiger partial charge in [-0.1, -0.05) is 0 Å². The number of benzene rings is 4. The first-order valence-electron chi connectivity index (χ1n) is 15.5.